The highest BCUT2D eigenvalue weighted by molar-refractivity contribution is 6.54. The van der Waals surface area contributed by atoms with E-state index in [-0.39, 0.29) is 5.78 Å². The lowest BCUT2D eigenvalue weighted by molar-refractivity contribution is -0.106. The fourth-order valence-corrected chi connectivity index (χ4v) is 3.56. The molecular formula is C21H18N2O. The normalized spacial score (nSPS) is 15.4. The number of carbonyl (C=O) groups is 1. The number of fused-ring (bicyclic) bond motifs is 5. The summed E-state index contributed by atoms with van der Waals surface area (Å²) in [5, 5.41) is 12.2. The van der Waals surface area contributed by atoms with Crippen LogP contribution in [0.2, 0.25) is 0 Å². The molecule has 0 amide bonds. The second kappa shape index (κ2) is 6.36. The minimum Gasteiger partial charge on any atom is -0.286 e. The number of hydrogen-bond acceptors (Lipinski definition) is 3. The molecule has 1 aliphatic carbocycles. The average molecular weight is 314 g/mol. The Morgan fingerprint density at radius 1 is 0.708 bits per heavy atom. The van der Waals surface area contributed by atoms with Gasteiger partial charge >= 0.3 is 0 Å². The van der Waals surface area contributed by atoms with E-state index in [1.165, 1.54) is 59.7 Å². The lowest BCUT2D eigenvalue weighted by atomic mass is 9.86. The first kappa shape index (κ1) is 14.8. The molecule has 3 aromatic carbocycles. The molecule has 118 valence electrons. The van der Waals surface area contributed by atoms with Crippen molar-refractivity contribution >= 4 is 39.8 Å². The van der Waals surface area contributed by atoms with E-state index >= 15 is 0 Å². The van der Waals surface area contributed by atoms with Crippen molar-refractivity contribution in [1.29, 1.82) is 0 Å². The summed E-state index contributed by atoms with van der Waals surface area (Å²) in [6, 6.07) is 18.0. The maximum Gasteiger partial charge on any atom is 0.218 e. The van der Waals surface area contributed by atoms with Crippen molar-refractivity contribution < 1.29 is 4.79 Å². The van der Waals surface area contributed by atoms with E-state index in [9.17, 15) is 4.79 Å². The van der Waals surface area contributed by atoms with Crippen LogP contribution >= 0.6 is 0 Å². The zero-order chi connectivity index (χ0) is 16.4. The first-order valence-corrected chi connectivity index (χ1v) is 8.35. The molecule has 1 aliphatic heterocycles. The summed E-state index contributed by atoms with van der Waals surface area (Å²) in [7, 11) is 0. The van der Waals surface area contributed by atoms with Crippen LogP contribution in [0.5, 0.6) is 0 Å². The number of hydrogen-bond donors (Lipinski definition) is 0. The first-order chi connectivity index (χ1) is 11.8. The van der Waals surface area contributed by atoms with Gasteiger partial charge < -0.3 is 0 Å². The van der Waals surface area contributed by atoms with Crippen molar-refractivity contribution in [2.24, 2.45) is 10.2 Å². The summed E-state index contributed by atoms with van der Waals surface area (Å²) in [6.07, 6.45) is 7.55. The van der Waals surface area contributed by atoms with Crippen LogP contribution < -0.4 is 0 Å². The minimum atomic E-state index is -0.130. The Kier molecular flexibility index (Phi) is 3.91. The van der Waals surface area contributed by atoms with Gasteiger partial charge in [0.05, 0.1) is 12.4 Å². The fourth-order valence-electron chi connectivity index (χ4n) is 3.56. The number of ketones is 1. The third-order valence-electron chi connectivity index (χ3n) is 4.69. The van der Waals surface area contributed by atoms with Crippen molar-refractivity contribution in [3.63, 3.8) is 0 Å². The summed E-state index contributed by atoms with van der Waals surface area (Å²) in [6.45, 7) is 0. The van der Waals surface area contributed by atoms with Crippen LogP contribution in [0.15, 0.2) is 58.7 Å². The highest BCUT2D eigenvalue weighted by Gasteiger charge is 2.13. The van der Waals surface area contributed by atoms with Gasteiger partial charge in [-0.25, -0.2) is 0 Å². The van der Waals surface area contributed by atoms with Crippen molar-refractivity contribution in [2.75, 3.05) is 0 Å². The Morgan fingerprint density at radius 3 is 2.25 bits per heavy atom. The van der Waals surface area contributed by atoms with Crippen molar-refractivity contribution in [1.82, 2.24) is 0 Å². The quantitative estimate of drug-likeness (QED) is 0.563. The number of benzene rings is 3. The number of nitrogens with zero attached hydrogens (tertiary/aromatic N) is 2. The maximum absolute atomic E-state index is 9.94. The van der Waals surface area contributed by atoms with Crippen molar-refractivity contribution in [3.05, 3.63) is 59.7 Å². The second-order valence-corrected chi connectivity index (χ2v) is 6.18. The monoisotopic (exact) mass is 314 g/mol. The Balaban J connectivity index is 0.000000207. The van der Waals surface area contributed by atoms with E-state index in [1.807, 2.05) is 0 Å². The molecule has 0 N–H and O–H groups in total. The van der Waals surface area contributed by atoms with E-state index in [0.717, 1.165) is 0 Å². The predicted molar refractivity (Wildman–Crippen MR) is 100 cm³/mol. The van der Waals surface area contributed by atoms with Gasteiger partial charge in [0.2, 0.25) is 5.78 Å². The lowest BCUT2D eigenvalue weighted by Crippen LogP contribution is -2.02. The highest BCUT2D eigenvalue weighted by atomic mass is 16.1. The van der Waals surface area contributed by atoms with Gasteiger partial charge in [0.25, 0.3) is 0 Å². The Morgan fingerprint density at radius 2 is 1.46 bits per heavy atom. The van der Waals surface area contributed by atoms with Gasteiger partial charge in [0.15, 0.2) is 0 Å². The molecule has 24 heavy (non-hydrogen) atoms. The molecule has 0 fully saturated rings. The van der Waals surface area contributed by atoms with Crippen LogP contribution in [-0.4, -0.2) is 18.2 Å². The van der Waals surface area contributed by atoms with E-state index in [2.05, 4.69) is 58.7 Å². The molecule has 5 rings (SSSR count). The summed E-state index contributed by atoms with van der Waals surface area (Å²) in [5.74, 6) is -0.130. The van der Waals surface area contributed by atoms with Crippen LogP contribution in [0, 0.1) is 0 Å². The van der Waals surface area contributed by atoms with Crippen molar-refractivity contribution in [3.8, 4) is 0 Å². The molecule has 0 aromatic heterocycles. The molecule has 3 heteroatoms. The molecule has 0 spiro atoms. The SMILES string of the molecule is O=C1C=NN=C1.c1ccc2c(c1)ccc1c3c(ccc12)CCCC3. The predicted octanol–water partition coefficient (Wildman–Crippen LogP) is 4.50. The Labute approximate surface area is 140 Å². The Hall–Kier alpha value is -2.81. The summed E-state index contributed by atoms with van der Waals surface area (Å²) in [4.78, 5) is 9.94. The molecule has 3 aromatic rings. The third-order valence-corrected chi connectivity index (χ3v) is 4.69. The van der Waals surface area contributed by atoms with Gasteiger partial charge in [0, 0.05) is 0 Å². The van der Waals surface area contributed by atoms with Gasteiger partial charge in [-0.15, -0.1) is 0 Å². The summed E-state index contributed by atoms with van der Waals surface area (Å²) >= 11 is 0. The molecule has 0 saturated heterocycles. The lowest BCUT2D eigenvalue weighted by Gasteiger charge is -2.18. The average Bonchev–Trinajstić information content (AvgIpc) is 3.12. The molecule has 0 atom stereocenters. The van der Waals surface area contributed by atoms with Crippen LogP contribution in [0.3, 0.4) is 0 Å². The van der Waals surface area contributed by atoms with Crippen LogP contribution in [0.25, 0.3) is 21.5 Å². The van der Waals surface area contributed by atoms with E-state index in [1.54, 1.807) is 11.1 Å². The topological polar surface area (TPSA) is 41.8 Å². The Bertz CT molecular complexity index is 972. The van der Waals surface area contributed by atoms with Crippen molar-refractivity contribution in [2.45, 2.75) is 25.7 Å². The zero-order valence-corrected chi connectivity index (χ0v) is 13.4. The zero-order valence-electron chi connectivity index (χ0n) is 13.4. The standard InChI is InChI=1S/C18H16.C3H2N2O/c1-3-7-15-13(5-1)9-11-18-16-8-4-2-6-14(16)10-12-17(15)18;6-3-1-4-5-2-3/h1,3,5,7,9-12H,2,4,6,8H2;1-2H. The number of Topliss-reactive ketones (excluding diaryl/α,β-unsaturated/α-hetero) is 1. The highest BCUT2D eigenvalue weighted by Crippen LogP contribution is 2.33. The van der Waals surface area contributed by atoms with Crippen LogP contribution in [0.1, 0.15) is 24.0 Å². The number of rotatable bonds is 0. The molecule has 2 aliphatic rings. The molecule has 0 bridgehead atoms. The fraction of sp³-hybridized carbons (Fsp3) is 0.190. The second-order valence-electron chi connectivity index (χ2n) is 6.18. The first-order valence-electron chi connectivity index (χ1n) is 8.35. The van der Waals surface area contributed by atoms with Gasteiger partial charge in [-0.05, 0) is 58.4 Å². The molecule has 0 unspecified atom stereocenters. The molecular weight excluding hydrogens is 296 g/mol. The van der Waals surface area contributed by atoms with E-state index < -0.39 is 0 Å². The van der Waals surface area contributed by atoms with Gasteiger partial charge in [-0.2, -0.15) is 10.2 Å². The third kappa shape index (κ3) is 2.73. The molecule has 3 nitrogen and oxygen atoms in total. The van der Waals surface area contributed by atoms with Gasteiger partial charge in [-0.1, -0.05) is 48.5 Å². The maximum atomic E-state index is 9.94. The van der Waals surface area contributed by atoms with E-state index in [0.29, 0.717) is 0 Å². The summed E-state index contributed by atoms with van der Waals surface area (Å²) in [5.41, 5.74) is 3.17. The molecule has 0 saturated carbocycles. The largest absolute Gasteiger partial charge is 0.286 e. The van der Waals surface area contributed by atoms with Crippen LogP contribution in [-0.2, 0) is 17.6 Å². The number of aryl methyl sites for hydroxylation is 2. The molecule has 0 radical (unpaired) electrons. The van der Waals surface area contributed by atoms with Crippen LogP contribution in [0.4, 0.5) is 0 Å². The smallest absolute Gasteiger partial charge is 0.218 e. The number of carbonyl (C=O) groups excluding carboxylic acids is 1. The molecule has 1 heterocycles. The summed E-state index contributed by atoms with van der Waals surface area (Å²) < 4.78 is 0. The van der Waals surface area contributed by atoms with Gasteiger partial charge in [-0.3, -0.25) is 4.79 Å². The van der Waals surface area contributed by atoms with Gasteiger partial charge in [0.1, 0.15) is 0 Å². The minimum absolute atomic E-state index is 0.130. The van der Waals surface area contributed by atoms with E-state index in [4.69, 9.17) is 0 Å².